The van der Waals surface area contributed by atoms with E-state index in [9.17, 15) is 0 Å². The third kappa shape index (κ3) is 3.16. The van der Waals surface area contributed by atoms with Crippen LogP contribution in [0.15, 0.2) is 22.7 Å². The Hall–Kier alpha value is -1.69. The number of anilines is 2. The fourth-order valence-corrected chi connectivity index (χ4v) is 2.07. The quantitative estimate of drug-likeness (QED) is 0.825. The number of hydrogen-bond donors (Lipinski definition) is 2. The van der Waals surface area contributed by atoms with Crippen LogP contribution in [0.1, 0.15) is 19.7 Å². The summed E-state index contributed by atoms with van der Waals surface area (Å²) >= 11 is 1.76. The average molecular weight is 264 g/mol. The van der Waals surface area contributed by atoms with E-state index in [0.717, 1.165) is 11.3 Å². The molecule has 96 valence electrons. The van der Waals surface area contributed by atoms with Gasteiger partial charge in [0.1, 0.15) is 0 Å². The summed E-state index contributed by atoms with van der Waals surface area (Å²) in [6.07, 6.45) is 0. The maximum atomic E-state index is 5.73. The van der Waals surface area contributed by atoms with Crippen molar-refractivity contribution in [3.05, 3.63) is 24.0 Å². The van der Waals surface area contributed by atoms with Gasteiger partial charge in [-0.3, -0.25) is 0 Å². The second-order valence-electron chi connectivity index (χ2n) is 4.26. The van der Waals surface area contributed by atoms with E-state index in [2.05, 4.69) is 24.0 Å². The van der Waals surface area contributed by atoms with E-state index in [-0.39, 0.29) is 0 Å². The van der Waals surface area contributed by atoms with Gasteiger partial charge in [-0.05, 0) is 23.4 Å². The number of nitrogens with two attached hydrogens (primary N) is 2. The number of hydrogen-bond acceptors (Lipinski definition) is 6. The van der Waals surface area contributed by atoms with Gasteiger partial charge in [0.2, 0.25) is 0 Å². The predicted octanol–water partition coefficient (Wildman–Crippen LogP) is 2.54. The Morgan fingerprint density at radius 1 is 1.22 bits per heavy atom. The minimum Gasteiger partial charge on any atom is -0.399 e. The highest BCUT2D eigenvalue weighted by Crippen LogP contribution is 2.24. The van der Waals surface area contributed by atoms with E-state index in [0.29, 0.717) is 28.3 Å². The van der Waals surface area contributed by atoms with Crippen LogP contribution in [0.2, 0.25) is 0 Å². The van der Waals surface area contributed by atoms with Crippen molar-refractivity contribution in [2.75, 3.05) is 11.5 Å². The van der Waals surface area contributed by atoms with Gasteiger partial charge in [-0.15, -0.1) is 0 Å². The van der Waals surface area contributed by atoms with E-state index in [4.69, 9.17) is 16.0 Å². The second kappa shape index (κ2) is 5.30. The van der Waals surface area contributed by atoms with Gasteiger partial charge in [0.25, 0.3) is 5.89 Å². The molecule has 0 radical (unpaired) electrons. The van der Waals surface area contributed by atoms with Gasteiger partial charge >= 0.3 is 0 Å². The van der Waals surface area contributed by atoms with Crippen molar-refractivity contribution in [2.24, 2.45) is 0 Å². The highest BCUT2D eigenvalue weighted by atomic mass is 32.2. The first kappa shape index (κ1) is 12.8. The van der Waals surface area contributed by atoms with E-state index in [1.165, 1.54) is 0 Å². The molecule has 2 aromatic rings. The topological polar surface area (TPSA) is 91.0 Å². The maximum absolute atomic E-state index is 5.73. The highest BCUT2D eigenvalue weighted by molar-refractivity contribution is 7.99. The van der Waals surface area contributed by atoms with Crippen molar-refractivity contribution in [1.29, 1.82) is 0 Å². The van der Waals surface area contributed by atoms with Gasteiger partial charge in [0.05, 0.1) is 5.75 Å². The summed E-state index contributed by atoms with van der Waals surface area (Å²) in [6, 6.07) is 5.22. The van der Waals surface area contributed by atoms with Crippen LogP contribution in [0.4, 0.5) is 11.4 Å². The summed E-state index contributed by atoms with van der Waals surface area (Å²) in [6.45, 7) is 4.26. The van der Waals surface area contributed by atoms with Crippen LogP contribution in [0.5, 0.6) is 0 Å². The summed E-state index contributed by atoms with van der Waals surface area (Å²) in [7, 11) is 0. The standard InChI is InChI=1S/C12H16N4OS/c1-7(2)18-6-11-15-12(17-16-11)8-3-9(13)5-10(14)4-8/h3-5,7H,6,13-14H2,1-2H3. The smallest absolute Gasteiger partial charge is 0.258 e. The molecule has 0 atom stereocenters. The van der Waals surface area contributed by atoms with Crippen LogP contribution in [-0.2, 0) is 5.75 Å². The van der Waals surface area contributed by atoms with Gasteiger partial charge in [0.15, 0.2) is 5.82 Å². The molecule has 2 rings (SSSR count). The van der Waals surface area contributed by atoms with Gasteiger partial charge in [-0.1, -0.05) is 19.0 Å². The molecule has 18 heavy (non-hydrogen) atoms. The van der Waals surface area contributed by atoms with Crippen LogP contribution in [-0.4, -0.2) is 15.4 Å². The number of thioether (sulfide) groups is 1. The molecule has 0 saturated carbocycles. The molecule has 0 aliphatic carbocycles. The third-order valence-electron chi connectivity index (χ3n) is 2.24. The fourth-order valence-electron chi connectivity index (χ4n) is 1.47. The van der Waals surface area contributed by atoms with E-state index < -0.39 is 0 Å². The zero-order valence-corrected chi connectivity index (χ0v) is 11.2. The molecule has 0 spiro atoms. The lowest BCUT2D eigenvalue weighted by atomic mass is 10.2. The first-order valence-electron chi connectivity index (χ1n) is 5.65. The number of nitrogens with zero attached hydrogens (tertiary/aromatic N) is 2. The van der Waals surface area contributed by atoms with Crippen molar-refractivity contribution in [3.63, 3.8) is 0 Å². The van der Waals surface area contributed by atoms with Gasteiger partial charge in [-0.2, -0.15) is 16.7 Å². The minimum absolute atomic E-state index is 0.452. The molecule has 0 bridgehead atoms. The van der Waals surface area contributed by atoms with Crippen LogP contribution in [0.25, 0.3) is 11.5 Å². The molecule has 0 unspecified atom stereocenters. The second-order valence-corrected chi connectivity index (χ2v) is 5.83. The Morgan fingerprint density at radius 3 is 2.50 bits per heavy atom. The summed E-state index contributed by atoms with van der Waals surface area (Å²) in [5, 5.41) is 4.47. The molecule has 0 amide bonds. The van der Waals surface area contributed by atoms with E-state index in [1.54, 1.807) is 30.0 Å². The molecule has 0 fully saturated rings. The van der Waals surface area contributed by atoms with Crippen molar-refractivity contribution >= 4 is 23.1 Å². The molecule has 1 aromatic carbocycles. The van der Waals surface area contributed by atoms with Gasteiger partial charge in [-0.25, -0.2) is 0 Å². The Kier molecular flexibility index (Phi) is 3.76. The molecule has 1 aromatic heterocycles. The van der Waals surface area contributed by atoms with E-state index >= 15 is 0 Å². The maximum Gasteiger partial charge on any atom is 0.258 e. The van der Waals surface area contributed by atoms with Crippen molar-refractivity contribution < 1.29 is 4.52 Å². The lowest BCUT2D eigenvalue weighted by molar-refractivity contribution is 0.425. The number of rotatable bonds is 4. The molecule has 4 N–H and O–H groups in total. The summed E-state index contributed by atoms with van der Waals surface area (Å²) < 4.78 is 5.21. The normalized spacial score (nSPS) is 11.1. The van der Waals surface area contributed by atoms with Gasteiger partial charge < -0.3 is 16.0 Å². The highest BCUT2D eigenvalue weighted by Gasteiger charge is 2.10. The van der Waals surface area contributed by atoms with Crippen LogP contribution < -0.4 is 11.5 Å². The Bertz CT molecular complexity index is 518. The van der Waals surface area contributed by atoms with E-state index in [1.807, 2.05) is 0 Å². The van der Waals surface area contributed by atoms with Crippen LogP contribution in [0, 0.1) is 0 Å². The Balaban J connectivity index is 2.18. The molecular formula is C12H16N4OS. The molecule has 0 aliphatic heterocycles. The van der Waals surface area contributed by atoms with Crippen LogP contribution in [0.3, 0.4) is 0 Å². The lowest BCUT2D eigenvalue weighted by Crippen LogP contribution is -1.92. The van der Waals surface area contributed by atoms with Gasteiger partial charge in [0, 0.05) is 16.9 Å². The minimum atomic E-state index is 0.452. The zero-order chi connectivity index (χ0) is 13.1. The zero-order valence-electron chi connectivity index (χ0n) is 10.4. The van der Waals surface area contributed by atoms with Crippen molar-refractivity contribution in [3.8, 4) is 11.5 Å². The summed E-state index contributed by atoms with van der Waals surface area (Å²) in [4.78, 5) is 4.32. The SMILES string of the molecule is CC(C)SCc1noc(-c2cc(N)cc(N)c2)n1. The Labute approximate surface area is 110 Å². The van der Waals surface area contributed by atoms with Crippen molar-refractivity contribution in [2.45, 2.75) is 24.9 Å². The molecule has 0 aliphatic rings. The molecule has 6 heteroatoms. The fraction of sp³-hybridized carbons (Fsp3) is 0.333. The number of nitrogen functional groups attached to an aromatic ring is 2. The molecule has 5 nitrogen and oxygen atoms in total. The van der Waals surface area contributed by atoms with Crippen LogP contribution >= 0.6 is 11.8 Å². The summed E-state index contributed by atoms with van der Waals surface area (Å²) in [5.74, 6) is 1.87. The average Bonchev–Trinajstić information content (AvgIpc) is 2.73. The number of benzene rings is 1. The first-order chi connectivity index (χ1) is 8.54. The van der Waals surface area contributed by atoms with Crippen molar-refractivity contribution in [1.82, 2.24) is 10.1 Å². The monoisotopic (exact) mass is 264 g/mol. The largest absolute Gasteiger partial charge is 0.399 e. The summed E-state index contributed by atoms with van der Waals surface area (Å²) in [5.41, 5.74) is 13.4. The predicted molar refractivity (Wildman–Crippen MR) is 75.0 cm³/mol. The first-order valence-corrected chi connectivity index (χ1v) is 6.70. The molecule has 0 saturated heterocycles. The number of aromatic nitrogens is 2. The third-order valence-corrected chi connectivity index (χ3v) is 3.33. The Morgan fingerprint density at radius 2 is 1.89 bits per heavy atom. The lowest BCUT2D eigenvalue weighted by Gasteiger charge is -2.00. The molecule has 1 heterocycles. The molecular weight excluding hydrogens is 248 g/mol.